The van der Waals surface area contributed by atoms with Crippen molar-refractivity contribution in [2.24, 2.45) is 0 Å². The molecule has 0 saturated carbocycles. The van der Waals surface area contributed by atoms with Crippen LogP contribution in [-0.2, 0) is 0 Å². The standard InChI is InChI=1S/C14H13N3O3/c1-3-20-14-16-12(11(8-15)13(18)17-14)9-4-6-10(19-2)7-5-9/h4-7H,3H2,1-2H3,(H,16,17,18). The molecule has 0 aliphatic carbocycles. The number of nitrogens with zero attached hydrogens (tertiary/aromatic N) is 2. The maximum absolute atomic E-state index is 11.8. The lowest BCUT2D eigenvalue weighted by Gasteiger charge is -2.07. The van der Waals surface area contributed by atoms with Crippen molar-refractivity contribution in [3.05, 3.63) is 40.2 Å². The van der Waals surface area contributed by atoms with Crippen molar-refractivity contribution >= 4 is 0 Å². The highest BCUT2D eigenvalue weighted by molar-refractivity contribution is 5.66. The Morgan fingerprint density at radius 2 is 2.05 bits per heavy atom. The van der Waals surface area contributed by atoms with E-state index in [1.54, 1.807) is 38.3 Å². The van der Waals surface area contributed by atoms with Crippen LogP contribution in [0, 0.1) is 11.3 Å². The van der Waals surface area contributed by atoms with Gasteiger partial charge in [0.2, 0.25) is 0 Å². The van der Waals surface area contributed by atoms with Gasteiger partial charge in [-0.2, -0.15) is 10.2 Å². The van der Waals surface area contributed by atoms with E-state index in [0.29, 0.717) is 23.6 Å². The van der Waals surface area contributed by atoms with Gasteiger partial charge in [0, 0.05) is 5.56 Å². The first-order chi connectivity index (χ1) is 9.69. The van der Waals surface area contributed by atoms with E-state index in [9.17, 15) is 4.79 Å². The van der Waals surface area contributed by atoms with Crippen LogP contribution in [-0.4, -0.2) is 23.7 Å². The van der Waals surface area contributed by atoms with Crippen LogP contribution in [0.25, 0.3) is 11.3 Å². The number of aromatic amines is 1. The smallest absolute Gasteiger partial charge is 0.297 e. The van der Waals surface area contributed by atoms with Crippen molar-refractivity contribution in [2.45, 2.75) is 6.92 Å². The van der Waals surface area contributed by atoms with E-state index < -0.39 is 5.56 Å². The Bertz CT molecular complexity index is 699. The topological polar surface area (TPSA) is 88.0 Å². The first kappa shape index (κ1) is 13.6. The van der Waals surface area contributed by atoms with Gasteiger partial charge in [-0.3, -0.25) is 9.78 Å². The van der Waals surface area contributed by atoms with Crippen LogP contribution in [0.3, 0.4) is 0 Å². The predicted molar refractivity (Wildman–Crippen MR) is 72.7 cm³/mol. The molecule has 0 saturated heterocycles. The van der Waals surface area contributed by atoms with E-state index in [-0.39, 0.29) is 11.6 Å². The van der Waals surface area contributed by atoms with Gasteiger partial charge in [0.15, 0.2) is 0 Å². The van der Waals surface area contributed by atoms with Crippen LogP contribution in [0.5, 0.6) is 11.8 Å². The minimum Gasteiger partial charge on any atom is -0.497 e. The molecule has 102 valence electrons. The third kappa shape index (κ3) is 2.62. The number of ether oxygens (including phenoxy) is 2. The number of nitriles is 1. The molecule has 0 radical (unpaired) electrons. The second-order valence-electron chi connectivity index (χ2n) is 3.87. The molecule has 6 heteroatoms. The third-order valence-corrected chi connectivity index (χ3v) is 2.65. The van der Waals surface area contributed by atoms with E-state index >= 15 is 0 Å². The number of hydrogen-bond acceptors (Lipinski definition) is 5. The van der Waals surface area contributed by atoms with Gasteiger partial charge in [-0.1, -0.05) is 0 Å². The summed E-state index contributed by atoms with van der Waals surface area (Å²) in [7, 11) is 1.56. The van der Waals surface area contributed by atoms with Gasteiger partial charge in [0.1, 0.15) is 17.4 Å². The van der Waals surface area contributed by atoms with Gasteiger partial charge in [-0.05, 0) is 31.2 Å². The zero-order chi connectivity index (χ0) is 14.5. The highest BCUT2D eigenvalue weighted by Gasteiger charge is 2.13. The van der Waals surface area contributed by atoms with Crippen LogP contribution in [0.15, 0.2) is 29.1 Å². The second-order valence-corrected chi connectivity index (χ2v) is 3.87. The van der Waals surface area contributed by atoms with E-state index in [1.807, 2.05) is 6.07 Å². The molecule has 1 aromatic carbocycles. The van der Waals surface area contributed by atoms with Crippen molar-refractivity contribution in [3.63, 3.8) is 0 Å². The van der Waals surface area contributed by atoms with Crippen LogP contribution < -0.4 is 15.0 Å². The summed E-state index contributed by atoms with van der Waals surface area (Å²) in [4.78, 5) is 18.4. The molecule has 1 aromatic heterocycles. The number of rotatable bonds is 4. The molecule has 6 nitrogen and oxygen atoms in total. The summed E-state index contributed by atoms with van der Waals surface area (Å²) in [5, 5.41) is 9.11. The fourth-order valence-electron chi connectivity index (χ4n) is 1.72. The first-order valence-electron chi connectivity index (χ1n) is 6.01. The Morgan fingerprint density at radius 3 is 2.60 bits per heavy atom. The Hall–Kier alpha value is -2.81. The van der Waals surface area contributed by atoms with Crippen molar-refractivity contribution in [1.29, 1.82) is 5.26 Å². The molecule has 0 bridgehead atoms. The highest BCUT2D eigenvalue weighted by atomic mass is 16.5. The zero-order valence-electron chi connectivity index (χ0n) is 11.1. The zero-order valence-corrected chi connectivity index (χ0v) is 11.1. The van der Waals surface area contributed by atoms with E-state index in [0.717, 1.165) is 0 Å². The molecule has 0 unspecified atom stereocenters. The van der Waals surface area contributed by atoms with Crippen LogP contribution in [0.1, 0.15) is 12.5 Å². The molecule has 20 heavy (non-hydrogen) atoms. The Labute approximate surface area is 115 Å². The molecule has 0 aliphatic heterocycles. The van der Waals surface area contributed by atoms with Crippen molar-refractivity contribution in [2.75, 3.05) is 13.7 Å². The molecular formula is C14H13N3O3. The monoisotopic (exact) mass is 271 g/mol. The fraction of sp³-hybridized carbons (Fsp3) is 0.214. The van der Waals surface area contributed by atoms with Gasteiger partial charge < -0.3 is 9.47 Å². The Kier molecular flexibility index (Phi) is 4.01. The minimum atomic E-state index is -0.517. The van der Waals surface area contributed by atoms with Gasteiger partial charge in [0.25, 0.3) is 11.6 Å². The maximum atomic E-state index is 11.8. The van der Waals surface area contributed by atoms with Crippen LogP contribution in [0.2, 0.25) is 0 Å². The first-order valence-corrected chi connectivity index (χ1v) is 6.01. The fourth-order valence-corrected chi connectivity index (χ4v) is 1.72. The van der Waals surface area contributed by atoms with Crippen molar-refractivity contribution in [1.82, 2.24) is 9.97 Å². The van der Waals surface area contributed by atoms with Gasteiger partial charge in [-0.15, -0.1) is 0 Å². The average Bonchev–Trinajstić information content (AvgIpc) is 2.47. The molecule has 0 aliphatic rings. The lowest BCUT2D eigenvalue weighted by molar-refractivity contribution is 0.312. The van der Waals surface area contributed by atoms with Crippen LogP contribution >= 0.6 is 0 Å². The SMILES string of the molecule is CCOc1nc(-c2ccc(OC)cc2)c(C#N)c(=O)[nH]1. The highest BCUT2D eigenvalue weighted by Crippen LogP contribution is 2.23. The minimum absolute atomic E-state index is 0.0429. The van der Waals surface area contributed by atoms with E-state index in [1.165, 1.54) is 0 Å². The van der Waals surface area contributed by atoms with Crippen molar-refractivity contribution in [3.8, 4) is 29.1 Å². The number of benzene rings is 1. The molecule has 1 N–H and O–H groups in total. The molecular weight excluding hydrogens is 258 g/mol. The summed E-state index contributed by atoms with van der Waals surface area (Å²) in [6, 6.07) is 8.90. The van der Waals surface area contributed by atoms with Crippen LogP contribution in [0.4, 0.5) is 0 Å². The summed E-state index contributed by atoms with van der Waals surface area (Å²) in [6.45, 7) is 2.15. The molecule has 2 aromatic rings. The Balaban J connectivity index is 2.58. The predicted octanol–water partition coefficient (Wildman–Crippen LogP) is 1.72. The number of hydrogen-bond donors (Lipinski definition) is 1. The number of nitrogens with one attached hydrogen (secondary N) is 1. The van der Waals surface area contributed by atoms with E-state index in [4.69, 9.17) is 14.7 Å². The van der Waals surface area contributed by atoms with Crippen molar-refractivity contribution < 1.29 is 9.47 Å². The van der Waals surface area contributed by atoms with Gasteiger partial charge in [-0.25, -0.2) is 0 Å². The molecule has 0 spiro atoms. The molecule has 0 fully saturated rings. The van der Waals surface area contributed by atoms with Gasteiger partial charge >= 0.3 is 0 Å². The summed E-state index contributed by atoms with van der Waals surface area (Å²) >= 11 is 0. The number of methoxy groups -OCH3 is 1. The Morgan fingerprint density at radius 1 is 1.35 bits per heavy atom. The average molecular weight is 271 g/mol. The molecule has 0 amide bonds. The second kappa shape index (κ2) is 5.89. The normalized spacial score (nSPS) is 9.85. The quantitative estimate of drug-likeness (QED) is 0.914. The number of aromatic nitrogens is 2. The summed E-state index contributed by atoms with van der Waals surface area (Å²) in [5.74, 6) is 0.683. The van der Waals surface area contributed by atoms with Gasteiger partial charge in [0.05, 0.1) is 19.4 Å². The maximum Gasteiger partial charge on any atom is 0.297 e. The molecule has 1 heterocycles. The number of H-pyrrole nitrogens is 1. The molecule has 0 atom stereocenters. The lowest BCUT2D eigenvalue weighted by Crippen LogP contribution is -2.15. The lowest BCUT2D eigenvalue weighted by atomic mass is 10.1. The summed E-state index contributed by atoms with van der Waals surface area (Å²) in [5.41, 5.74) is 0.382. The third-order valence-electron chi connectivity index (χ3n) is 2.65. The summed E-state index contributed by atoms with van der Waals surface area (Å²) < 4.78 is 10.3. The van der Waals surface area contributed by atoms with E-state index in [2.05, 4.69) is 9.97 Å². The summed E-state index contributed by atoms with van der Waals surface area (Å²) in [6.07, 6.45) is 0. The largest absolute Gasteiger partial charge is 0.497 e. The molecule has 2 rings (SSSR count).